The van der Waals surface area contributed by atoms with Gasteiger partial charge in [0.25, 0.3) is 0 Å². The minimum absolute atomic E-state index is 0.00711. The Morgan fingerprint density at radius 1 is 1.31 bits per heavy atom. The number of carbonyl (C=O) groups excluding carboxylic acids is 1. The minimum atomic E-state index is -0.266. The molecule has 0 aromatic heterocycles. The number of carbonyl (C=O) groups is 1. The Labute approximate surface area is 95.2 Å². The van der Waals surface area contributed by atoms with Crippen LogP contribution >= 0.6 is 0 Å². The number of hydrogen-bond donors (Lipinski definition) is 1. The van der Waals surface area contributed by atoms with E-state index >= 15 is 0 Å². The van der Waals surface area contributed by atoms with Crippen LogP contribution in [0, 0.1) is 5.82 Å². The summed E-state index contributed by atoms with van der Waals surface area (Å²) in [6.07, 6.45) is 1.16. The molecular formula is C13H16FNO. The predicted octanol–water partition coefficient (Wildman–Crippen LogP) is 2.80. The summed E-state index contributed by atoms with van der Waals surface area (Å²) in [6, 6.07) is 6.09. The highest BCUT2D eigenvalue weighted by Crippen LogP contribution is 2.03. The molecule has 0 radical (unpaired) electrons. The van der Waals surface area contributed by atoms with Crippen molar-refractivity contribution in [2.45, 2.75) is 26.3 Å². The second-order valence-electron chi connectivity index (χ2n) is 3.86. The average Bonchev–Trinajstić information content (AvgIpc) is 2.25. The minimum Gasteiger partial charge on any atom is -0.352 e. The van der Waals surface area contributed by atoms with Gasteiger partial charge in [0, 0.05) is 13.0 Å². The maximum Gasteiger partial charge on any atom is 0.220 e. The molecule has 0 aliphatic carbocycles. The van der Waals surface area contributed by atoms with E-state index < -0.39 is 0 Å². The Kier molecular flexibility index (Phi) is 4.70. The van der Waals surface area contributed by atoms with Crippen molar-refractivity contribution >= 4 is 5.91 Å². The van der Waals surface area contributed by atoms with Crippen LogP contribution in [-0.4, -0.2) is 5.91 Å². The highest BCUT2D eigenvalue weighted by Gasteiger charge is 2.01. The Bertz CT molecular complexity index is 370. The monoisotopic (exact) mass is 221 g/mol. The van der Waals surface area contributed by atoms with Crippen LogP contribution in [0.5, 0.6) is 0 Å². The number of halogens is 1. The number of amides is 1. The van der Waals surface area contributed by atoms with Crippen molar-refractivity contribution in [2.75, 3.05) is 0 Å². The largest absolute Gasteiger partial charge is 0.352 e. The summed E-state index contributed by atoms with van der Waals surface area (Å²) < 4.78 is 12.6. The standard InChI is InChI=1S/C13H16FNO/c1-10(2)3-8-13(16)15-9-11-4-6-12(14)7-5-11/h4-7H,1,3,8-9H2,2H3,(H,15,16). The van der Waals surface area contributed by atoms with Crippen LogP contribution in [0.1, 0.15) is 25.3 Å². The van der Waals surface area contributed by atoms with Gasteiger partial charge in [0.05, 0.1) is 0 Å². The summed E-state index contributed by atoms with van der Waals surface area (Å²) in [5, 5.41) is 2.77. The summed E-state index contributed by atoms with van der Waals surface area (Å²) in [5.74, 6) is -0.273. The molecule has 0 aliphatic rings. The summed E-state index contributed by atoms with van der Waals surface area (Å²) in [5.41, 5.74) is 1.89. The molecule has 0 bridgehead atoms. The smallest absolute Gasteiger partial charge is 0.220 e. The normalized spacial score (nSPS) is 9.88. The van der Waals surface area contributed by atoms with Gasteiger partial charge in [-0.2, -0.15) is 0 Å². The highest BCUT2D eigenvalue weighted by molar-refractivity contribution is 5.76. The van der Waals surface area contributed by atoms with E-state index in [9.17, 15) is 9.18 Å². The molecule has 1 N–H and O–H groups in total. The quantitative estimate of drug-likeness (QED) is 0.761. The van der Waals surface area contributed by atoms with Gasteiger partial charge in [-0.25, -0.2) is 4.39 Å². The Balaban J connectivity index is 2.31. The van der Waals surface area contributed by atoms with Gasteiger partial charge in [-0.1, -0.05) is 17.7 Å². The van der Waals surface area contributed by atoms with Crippen LogP contribution in [0.2, 0.25) is 0 Å². The molecule has 0 atom stereocenters. The third kappa shape index (κ3) is 4.73. The molecule has 2 nitrogen and oxygen atoms in total. The molecule has 1 aromatic rings. The second-order valence-corrected chi connectivity index (χ2v) is 3.86. The molecule has 1 amide bonds. The molecule has 1 aromatic carbocycles. The topological polar surface area (TPSA) is 29.1 Å². The van der Waals surface area contributed by atoms with Crippen molar-refractivity contribution in [1.29, 1.82) is 0 Å². The zero-order chi connectivity index (χ0) is 12.0. The van der Waals surface area contributed by atoms with E-state index in [4.69, 9.17) is 0 Å². The molecule has 0 unspecified atom stereocenters. The van der Waals surface area contributed by atoms with E-state index in [1.165, 1.54) is 12.1 Å². The third-order valence-corrected chi connectivity index (χ3v) is 2.18. The fraction of sp³-hybridized carbons (Fsp3) is 0.308. The maximum atomic E-state index is 12.6. The van der Waals surface area contributed by atoms with Gasteiger partial charge in [0.2, 0.25) is 5.91 Å². The molecule has 16 heavy (non-hydrogen) atoms. The predicted molar refractivity (Wildman–Crippen MR) is 62.3 cm³/mol. The van der Waals surface area contributed by atoms with E-state index in [-0.39, 0.29) is 11.7 Å². The second kappa shape index (κ2) is 6.05. The van der Waals surface area contributed by atoms with Gasteiger partial charge in [-0.3, -0.25) is 4.79 Å². The van der Waals surface area contributed by atoms with Crippen molar-refractivity contribution in [3.05, 3.63) is 47.8 Å². The molecule has 0 spiro atoms. The maximum absolute atomic E-state index is 12.6. The van der Waals surface area contributed by atoms with Crippen LogP contribution in [-0.2, 0) is 11.3 Å². The lowest BCUT2D eigenvalue weighted by Crippen LogP contribution is -2.22. The first-order chi connectivity index (χ1) is 7.58. The molecule has 0 aliphatic heterocycles. The molecule has 0 saturated carbocycles. The zero-order valence-electron chi connectivity index (χ0n) is 9.42. The van der Waals surface area contributed by atoms with E-state index in [0.717, 1.165) is 11.1 Å². The van der Waals surface area contributed by atoms with Crippen molar-refractivity contribution in [3.63, 3.8) is 0 Å². The molecule has 86 valence electrons. The van der Waals surface area contributed by atoms with Crippen LogP contribution in [0.3, 0.4) is 0 Å². The Hall–Kier alpha value is -1.64. The van der Waals surface area contributed by atoms with Crippen LogP contribution in [0.25, 0.3) is 0 Å². The average molecular weight is 221 g/mol. The zero-order valence-corrected chi connectivity index (χ0v) is 9.42. The van der Waals surface area contributed by atoms with Crippen LogP contribution in [0.15, 0.2) is 36.4 Å². The number of hydrogen-bond acceptors (Lipinski definition) is 1. The van der Waals surface area contributed by atoms with Gasteiger partial charge >= 0.3 is 0 Å². The summed E-state index contributed by atoms with van der Waals surface area (Å²) in [6.45, 7) is 6.07. The molecule has 0 fully saturated rings. The van der Waals surface area contributed by atoms with E-state index in [1.807, 2.05) is 6.92 Å². The Morgan fingerprint density at radius 2 is 1.94 bits per heavy atom. The molecule has 1 rings (SSSR count). The van der Waals surface area contributed by atoms with Crippen molar-refractivity contribution in [3.8, 4) is 0 Å². The van der Waals surface area contributed by atoms with Crippen molar-refractivity contribution < 1.29 is 9.18 Å². The molecule has 0 heterocycles. The molecular weight excluding hydrogens is 205 g/mol. The summed E-state index contributed by atoms with van der Waals surface area (Å²) >= 11 is 0. The Morgan fingerprint density at radius 3 is 2.50 bits per heavy atom. The lowest BCUT2D eigenvalue weighted by molar-refractivity contribution is -0.121. The first-order valence-corrected chi connectivity index (χ1v) is 5.23. The number of rotatable bonds is 5. The van der Waals surface area contributed by atoms with Gasteiger partial charge in [-0.15, -0.1) is 6.58 Å². The van der Waals surface area contributed by atoms with Crippen LogP contribution in [0.4, 0.5) is 4.39 Å². The van der Waals surface area contributed by atoms with Gasteiger partial charge in [-0.05, 0) is 31.0 Å². The third-order valence-electron chi connectivity index (χ3n) is 2.18. The number of allylic oxidation sites excluding steroid dienone is 1. The van der Waals surface area contributed by atoms with Gasteiger partial charge < -0.3 is 5.32 Å². The van der Waals surface area contributed by atoms with Crippen LogP contribution < -0.4 is 5.32 Å². The van der Waals surface area contributed by atoms with Gasteiger partial charge in [0.1, 0.15) is 5.82 Å². The van der Waals surface area contributed by atoms with Crippen molar-refractivity contribution in [2.24, 2.45) is 0 Å². The fourth-order valence-corrected chi connectivity index (χ4v) is 1.22. The first kappa shape index (κ1) is 12.4. The van der Waals surface area contributed by atoms with E-state index in [2.05, 4.69) is 11.9 Å². The number of nitrogens with one attached hydrogen (secondary N) is 1. The summed E-state index contributed by atoms with van der Waals surface area (Å²) in [7, 11) is 0. The highest BCUT2D eigenvalue weighted by atomic mass is 19.1. The summed E-state index contributed by atoms with van der Waals surface area (Å²) in [4.78, 5) is 11.4. The number of benzene rings is 1. The molecule has 3 heteroatoms. The molecule has 0 saturated heterocycles. The first-order valence-electron chi connectivity index (χ1n) is 5.23. The van der Waals surface area contributed by atoms with Crippen molar-refractivity contribution in [1.82, 2.24) is 5.32 Å². The van der Waals surface area contributed by atoms with E-state index in [0.29, 0.717) is 19.4 Å². The lowest BCUT2D eigenvalue weighted by Gasteiger charge is -2.05. The van der Waals surface area contributed by atoms with Gasteiger partial charge in [0.15, 0.2) is 0 Å². The fourth-order valence-electron chi connectivity index (χ4n) is 1.22. The lowest BCUT2D eigenvalue weighted by atomic mass is 10.2. The SMILES string of the molecule is C=C(C)CCC(=O)NCc1ccc(F)cc1. The van der Waals surface area contributed by atoms with E-state index in [1.54, 1.807) is 12.1 Å².